The fourth-order valence-electron chi connectivity index (χ4n) is 3.79. The van der Waals surface area contributed by atoms with Crippen molar-refractivity contribution < 1.29 is 14.0 Å². The topological polar surface area (TPSA) is 67.6 Å². The van der Waals surface area contributed by atoms with Crippen molar-refractivity contribution in [2.75, 3.05) is 38.1 Å². The predicted octanol–water partition coefficient (Wildman–Crippen LogP) is 3.03. The minimum Gasteiger partial charge on any atom is -0.335 e. The van der Waals surface area contributed by atoms with Gasteiger partial charge in [0.2, 0.25) is 5.91 Å². The molecule has 0 radical (unpaired) electrons. The highest BCUT2D eigenvalue weighted by atomic mass is 32.2. The number of carbonyl (C=O) groups excluding carboxylic acids is 2. The molecule has 0 unspecified atom stereocenters. The van der Waals surface area contributed by atoms with Gasteiger partial charge in [0.25, 0.3) is 5.91 Å². The fourth-order valence-corrected chi connectivity index (χ4v) is 5.10. The SMILES string of the molecule is CN1CCN(C(=O)/C(C#N)=C2\S[C@@H](Cc3ccc(F)cc3)C(=O)N2c2ccccc2)CC1. The molecule has 0 aliphatic carbocycles. The number of halogens is 1. The van der Waals surface area contributed by atoms with Crippen LogP contribution in [-0.4, -0.2) is 60.1 Å². The van der Waals surface area contributed by atoms with Gasteiger partial charge in [-0.3, -0.25) is 14.5 Å². The summed E-state index contributed by atoms with van der Waals surface area (Å²) in [5, 5.41) is 9.78. The van der Waals surface area contributed by atoms with E-state index in [1.165, 1.54) is 28.8 Å². The van der Waals surface area contributed by atoms with Gasteiger partial charge in [-0.25, -0.2) is 4.39 Å². The average Bonchev–Trinajstić information content (AvgIpc) is 3.12. The highest BCUT2D eigenvalue weighted by Crippen LogP contribution is 2.42. The standard InChI is InChI=1S/C24H23FN4O2S/c1-27-11-13-28(14-12-27)22(30)20(16-26)24-29(19-5-3-2-4-6-19)23(31)21(32-24)15-17-7-9-18(25)10-8-17/h2-10,21H,11-15H2,1H3/b24-20-/t21-/m0/s1. The van der Waals surface area contributed by atoms with E-state index in [0.29, 0.717) is 30.2 Å². The minimum atomic E-state index is -0.515. The second-order valence-electron chi connectivity index (χ2n) is 7.83. The normalized spacial score (nSPS) is 20.9. The number of piperazine rings is 1. The lowest BCUT2D eigenvalue weighted by Crippen LogP contribution is -2.47. The van der Waals surface area contributed by atoms with Gasteiger partial charge in [0, 0.05) is 31.9 Å². The van der Waals surface area contributed by atoms with Crippen molar-refractivity contribution in [1.29, 1.82) is 5.26 Å². The molecule has 2 saturated heterocycles. The van der Waals surface area contributed by atoms with Crippen LogP contribution in [0.2, 0.25) is 0 Å². The van der Waals surface area contributed by atoms with Crippen LogP contribution in [0, 0.1) is 17.1 Å². The molecule has 2 heterocycles. The van der Waals surface area contributed by atoms with Crippen LogP contribution in [0.1, 0.15) is 5.56 Å². The molecule has 0 bridgehead atoms. The molecule has 2 aromatic rings. The van der Waals surface area contributed by atoms with E-state index in [4.69, 9.17) is 0 Å². The lowest BCUT2D eigenvalue weighted by molar-refractivity contribution is -0.128. The molecule has 6 nitrogen and oxygen atoms in total. The molecular weight excluding hydrogens is 427 g/mol. The van der Waals surface area contributed by atoms with Crippen LogP contribution in [0.3, 0.4) is 0 Å². The maximum atomic E-state index is 13.4. The highest BCUT2D eigenvalue weighted by molar-refractivity contribution is 8.05. The number of amides is 2. The second kappa shape index (κ2) is 9.55. The predicted molar refractivity (Wildman–Crippen MR) is 122 cm³/mol. The van der Waals surface area contributed by atoms with E-state index in [9.17, 15) is 19.2 Å². The van der Waals surface area contributed by atoms with Gasteiger partial charge in [0.1, 0.15) is 22.5 Å². The Balaban J connectivity index is 1.69. The van der Waals surface area contributed by atoms with E-state index < -0.39 is 5.25 Å². The van der Waals surface area contributed by atoms with Crippen molar-refractivity contribution in [3.05, 3.63) is 76.6 Å². The highest BCUT2D eigenvalue weighted by Gasteiger charge is 2.41. The Labute approximate surface area is 190 Å². The number of nitriles is 1. The van der Waals surface area contributed by atoms with Gasteiger partial charge in [-0.05, 0) is 43.3 Å². The largest absolute Gasteiger partial charge is 0.335 e. The first-order chi connectivity index (χ1) is 15.5. The molecule has 2 aliphatic heterocycles. The lowest BCUT2D eigenvalue weighted by Gasteiger charge is -2.32. The number of thioether (sulfide) groups is 1. The number of likely N-dealkylation sites (N-methyl/N-ethyl adjacent to an activating group) is 1. The van der Waals surface area contributed by atoms with Crippen molar-refractivity contribution in [3.63, 3.8) is 0 Å². The van der Waals surface area contributed by atoms with Crippen LogP contribution in [0.25, 0.3) is 0 Å². The molecule has 4 rings (SSSR count). The van der Waals surface area contributed by atoms with Gasteiger partial charge in [0.15, 0.2) is 0 Å². The molecule has 2 aromatic carbocycles. The maximum Gasteiger partial charge on any atom is 0.267 e. The van der Waals surface area contributed by atoms with E-state index >= 15 is 0 Å². The van der Waals surface area contributed by atoms with E-state index in [2.05, 4.69) is 11.0 Å². The summed E-state index contributed by atoms with van der Waals surface area (Å²) in [5.74, 6) is -0.881. The third-order valence-corrected chi connectivity index (χ3v) is 6.89. The van der Waals surface area contributed by atoms with Crippen LogP contribution in [0.4, 0.5) is 10.1 Å². The number of hydrogen-bond donors (Lipinski definition) is 0. The molecular formula is C24H23FN4O2S. The van der Waals surface area contributed by atoms with E-state index in [0.717, 1.165) is 18.7 Å². The second-order valence-corrected chi connectivity index (χ2v) is 9.03. The van der Waals surface area contributed by atoms with Crippen LogP contribution in [0.15, 0.2) is 65.2 Å². The maximum absolute atomic E-state index is 13.4. The number of hydrogen-bond acceptors (Lipinski definition) is 5. The fraction of sp³-hybridized carbons (Fsp3) is 0.292. The van der Waals surface area contributed by atoms with Crippen molar-refractivity contribution in [3.8, 4) is 6.07 Å². The number of rotatable bonds is 4. The lowest BCUT2D eigenvalue weighted by atomic mass is 10.1. The molecule has 2 fully saturated rings. The third kappa shape index (κ3) is 4.54. The summed E-state index contributed by atoms with van der Waals surface area (Å²) in [6.45, 7) is 2.55. The molecule has 8 heteroatoms. The Morgan fingerprint density at radius 3 is 2.38 bits per heavy atom. The number of nitrogens with zero attached hydrogens (tertiary/aromatic N) is 4. The summed E-state index contributed by atoms with van der Waals surface area (Å²) in [6.07, 6.45) is 0.373. The number of para-hydroxylation sites is 1. The summed E-state index contributed by atoms with van der Waals surface area (Å²) in [4.78, 5) is 31.9. The molecule has 0 aromatic heterocycles. The van der Waals surface area contributed by atoms with Crippen molar-refractivity contribution >= 4 is 29.3 Å². The molecule has 32 heavy (non-hydrogen) atoms. The summed E-state index contributed by atoms with van der Waals surface area (Å²) in [6, 6.07) is 17.1. The van der Waals surface area contributed by atoms with Crippen LogP contribution >= 0.6 is 11.8 Å². The zero-order chi connectivity index (χ0) is 22.7. The Kier molecular flexibility index (Phi) is 6.58. The average molecular weight is 451 g/mol. The van der Waals surface area contributed by atoms with Gasteiger partial charge in [-0.2, -0.15) is 5.26 Å². The Bertz CT molecular complexity index is 1070. The number of carbonyl (C=O) groups is 2. The van der Waals surface area contributed by atoms with Gasteiger partial charge in [0.05, 0.1) is 5.25 Å². The number of anilines is 1. The zero-order valence-electron chi connectivity index (χ0n) is 17.7. The van der Waals surface area contributed by atoms with Crippen LogP contribution in [0.5, 0.6) is 0 Å². The first kappa shape index (κ1) is 22.1. The van der Waals surface area contributed by atoms with Gasteiger partial charge in [-0.15, -0.1) is 0 Å². The summed E-state index contributed by atoms with van der Waals surface area (Å²) in [5.41, 5.74) is 1.41. The first-order valence-corrected chi connectivity index (χ1v) is 11.3. The first-order valence-electron chi connectivity index (χ1n) is 10.4. The summed E-state index contributed by atoms with van der Waals surface area (Å²) >= 11 is 1.23. The molecule has 2 aliphatic rings. The molecule has 0 spiro atoms. The Morgan fingerprint density at radius 2 is 1.75 bits per heavy atom. The molecule has 0 saturated carbocycles. The monoisotopic (exact) mass is 450 g/mol. The molecule has 1 atom stereocenters. The number of benzene rings is 2. The molecule has 0 N–H and O–H groups in total. The van der Waals surface area contributed by atoms with Gasteiger partial charge >= 0.3 is 0 Å². The van der Waals surface area contributed by atoms with Crippen molar-refractivity contribution in [1.82, 2.24) is 9.80 Å². The van der Waals surface area contributed by atoms with E-state index in [-0.39, 0.29) is 23.2 Å². The van der Waals surface area contributed by atoms with Gasteiger partial charge < -0.3 is 9.80 Å². The summed E-state index contributed by atoms with van der Waals surface area (Å²) in [7, 11) is 1.99. The minimum absolute atomic E-state index is 0.0154. The van der Waals surface area contributed by atoms with E-state index in [1.807, 2.05) is 25.2 Å². The quantitative estimate of drug-likeness (QED) is 0.529. The van der Waals surface area contributed by atoms with Crippen molar-refractivity contribution in [2.24, 2.45) is 0 Å². The zero-order valence-corrected chi connectivity index (χ0v) is 18.5. The Hall–Kier alpha value is -3.15. The van der Waals surface area contributed by atoms with Gasteiger partial charge in [-0.1, -0.05) is 42.1 Å². The summed E-state index contributed by atoms with van der Waals surface area (Å²) < 4.78 is 13.3. The van der Waals surface area contributed by atoms with E-state index in [1.54, 1.807) is 29.2 Å². The smallest absolute Gasteiger partial charge is 0.267 e. The molecule has 2 amide bonds. The van der Waals surface area contributed by atoms with Crippen LogP contribution in [-0.2, 0) is 16.0 Å². The molecule has 164 valence electrons. The Morgan fingerprint density at radius 1 is 1.09 bits per heavy atom. The van der Waals surface area contributed by atoms with Crippen LogP contribution < -0.4 is 4.90 Å². The third-order valence-electron chi connectivity index (χ3n) is 5.63. The van der Waals surface area contributed by atoms with Crippen molar-refractivity contribution in [2.45, 2.75) is 11.7 Å².